The molecule has 3 aromatic rings. The molecule has 3 rings (SSSR count). The third kappa shape index (κ3) is 4.30. The van der Waals surface area contributed by atoms with Crippen molar-refractivity contribution in [1.82, 2.24) is 9.78 Å². The van der Waals surface area contributed by atoms with Gasteiger partial charge in [-0.2, -0.15) is 5.10 Å². The number of hydrogen-bond donors (Lipinski definition) is 0. The van der Waals surface area contributed by atoms with E-state index in [1.165, 1.54) is 21.2 Å². The highest BCUT2D eigenvalue weighted by Gasteiger charge is 2.17. The average molecular weight is 395 g/mol. The Bertz CT molecular complexity index is 1060. The fourth-order valence-electron chi connectivity index (χ4n) is 3.16. The normalized spacial score (nSPS) is 11.4. The number of rotatable bonds is 6. The van der Waals surface area contributed by atoms with Gasteiger partial charge >= 0.3 is 0 Å². The summed E-state index contributed by atoms with van der Waals surface area (Å²) in [6, 6.07) is 13.2. The van der Waals surface area contributed by atoms with Crippen molar-refractivity contribution in [2.45, 2.75) is 53.0 Å². The lowest BCUT2D eigenvalue weighted by Crippen LogP contribution is -2.26. The number of benzene rings is 1. The van der Waals surface area contributed by atoms with E-state index in [9.17, 15) is 9.59 Å². The summed E-state index contributed by atoms with van der Waals surface area (Å²) in [7, 11) is 0. The molecule has 4 nitrogen and oxygen atoms in total. The first kappa shape index (κ1) is 20.2. The van der Waals surface area contributed by atoms with Crippen molar-refractivity contribution in [2.24, 2.45) is 0 Å². The lowest BCUT2D eigenvalue weighted by molar-refractivity contribution is 0.0964. The highest BCUT2D eigenvalue weighted by atomic mass is 32.1. The number of Topliss-reactive ketones (excluding diaryl/α,β-unsaturated/α-hetero) is 1. The lowest BCUT2D eigenvalue weighted by Gasteiger charge is -2.16. The third-order valence-corrected chi connectivity index (χ3v) is 5.84. The van der Waals surface area contributed by atoms with Gasteiger partial charge in [0.2, 0.25) is 0 Å². The molecule has 0 saturated carbocycles. The number of nitrogens with zero attached hydrogens (tertiary/aromatic N) is 2. The van der Waals surface area contributed by atoms with Crippen LogP contribution in [-0.4, -0.2) is 15.6 Å². The SMILES string of the molecule is Cc1ccc(-c2ccc(=O)n(CC(=O)c3ccc(C(C)C)cc3C(C)C)n2)s1. The molecule has 5 heteroatoms. The van der Waals surface area contributed by atoms with Gasteiger partial charge in [0.05, 0.1) is 4.88 Å². The van der Waals surface area contributed by atoms with E-state index in [0.29, 0.717) is 17.2 Å². The Morgan fingerprint density at radius 1 is 1.04 bits per heavy atom. The first-order valence-corrected chi connectivity index (χ1v) is 10.4. The van der Waals surface area contributed by atoms with Gasteiger partial charge in [0.25, 0.3) is 5.56 Å². The Morgan fingerprint density at radius 3 is 2.39 bits per heavy atom. The minimum absolute atomic E-state index is 0.0578. The van der Waals surface area contributed by atoms with Crippen molar-refractivity contribution < 1.29 is 4.79 Å². The summed E-state index contributed by atoms with van der Waals surface area (Å²) >= 11 is 1.62. The number of carbonyl (C=O) groups excluding carboxylic acids is 1. The molecule has 0 N–H and O–H groups in total. The molecule has 0 aliphatic heterocycles. The molecule has 0 saturated heterocycles. The van der Waals surface area contributed by atoms with E-state index in [2.05, 4.69) is 38.9 Å². The van der Waals surface area contributed by atoms with Crippen LogP contribution in [-0.2, 0) is 6.54 Å². The molecule has 0 bridgehead atoms. The van der Waals surface area contributed by atoms with E-state index in [1.54, 1.807) is 17.4 Å². The molecule has 0 spiro atoms. The van der Waals surface area contributed by atoms with Crippen LogP contribution < -0.4 is 5.56 Å². The van der Waals surface area contributed by atoms with Gasteiger partial charge in [-0.15, -0.1) is 11.3 Å². The minimum Gasteiger partial charge on any atom is -0.292 e. The highest BCUT2D eigenvalue weighted by molar-refractivity contribution is 7.15. The molecule has 0 amide bonds. The maximum atomic E-state index is 13.0. The molecule has 2 heterocycles. The van der Waals surface area contributed by atoms with Crippen LogP contribution >= 0.6 is 11.3 Å². The third-order valence-electron chi connectivity index (χ3n) is 4.82. The van der Waals surface area contributed by atoms with Crippen molar-refractivity contribution >= 4 is 17.1 Å². The molecule has 0 aliphatic rings. The molecule has 0 unspecified atom stereocenters. The Kier molecular flexibility index (Phi) is 5.94. The van der Waals surface area contributed by atoms with Crippen LogP contribution in [0.15, 0.2) is 47.3 Å². The maximum Gasteiger partial charge on any atom is 0.267 e. The summed E-state index contributed by atoms with van der Waals surface area (Å²) in [5.41, 5.74) is 3.35. The largest absolute Gasteiger partial charge is 0.292 e. The Labute approximate surface area is 169 Å². The van der Waals surface area contributed by atoms with Gasteiger partial charge in [-0.25, -0.2) is 4.68 Å². The number of aryl methyl sites for hydroxylation is 1. The van der Waals surface area contributed by atoms with Crippen molar-refractivity contribution in [2.75, 3.05) is 0 Å². The Morgan fingerprint density at radius 2 is 1.79 bits per heavy atom. The summed E-state index contributed by atoms with van der Waals surface area (Å²) in [6.45, 7) is 10.4. The second-order valence-electron chi connectivity index (χ2n) is 7.70. The zero-order chi connectivity index (χ0) is 20.4. The fourth-order valence-corrected chi connectivity index (χ4v) is 3.99. The van der Waals surface area contributed by atoms with Crippen molar-refractivity contribution in [3.8, 4) is 10.6 Å². The van der Waals surface area contributed by atoms with E-state index >= 15 is 0 Å². The molecular formula is C23H26N2O2S. The minimum atomic E-state index is -0.268. The molecular weight excluding hydrogens is 368 g/mol. The summed E-state index contributed by atoms with van der Waals surface area (Å²) in [5, 5.41) is 4.44. The number of carbonyl (C=O) groups is 1. The smallest absolute Gasteiger partial charge is 0.267 e. The molecule has 0 radical (unpaired) electrons. The van der Waals surface area contributed by atoms with Crippen LogP contribution in [0.5, 0.6) is 0 Å². The van der Waals surface area contributed by atoms with Crippen molar-refractivity contribution in [1.29, 1.82) is 0 Å². The Balaban J connectivity index is 1.94. The predicted molar refractivity (Wildman–Crippen MR) is 115 cm³/mol. The summed E-state index contributed by atoms with van der Waals surface area (Å²) < 4.78 is 1.27. The predicted octanol–water partition coefficient (Wildman–Crippen LogP) is 5.41. The highest BCUT2D eigenvalue weighted by Crippen LogP contribution is 2.26. The number of aromatic nitrogens is 2. The first-order chi connectivity index (χ1) is 13.3. The monoisotopic (exact) mass is 394 g/mol. The van der Waals surface area contributed by atoms with Crippen LogP contribution in [0.1, 0.15) is 65.9 Å². The van der Waals surface area contributed by atoms with Gasteiger partial charge in [0.1, 0.15) is 12.2 Å². The zero-order valence-electron chi connectivity index (χ0n) is 17.0. The quantitative estimate of drug-likeness (QED) is 0.525. The zero-order valence-corrected chi connectivity index (χ0v) is 17.8. The number of hydrogen-bond acceptors (Lipinski definition) is 4. The van der Waals surface area contributed by atoms with Crippen molar-refractivity contribution in [3.63, 3.8) is 0 Å². The topological polar surface area (TPSA) is 52.0 Å². The molecule has 0 atom stereocenters. The molecule has 146 valence electrons. The van der Waals surface area contributed by atoms with E-state index in [4.69, 9.17) is 0 Å². The van der Waals surface area contributed by atoms with Gasteiger partial charge in [0, 0.05) is 16.5 Å². The fraction of sp³-hybridized carbons (Fsp3) is 0.348. The summed E-state index contributed by atoms with van der Waals surface area (Å²) in [6.07, 6.45) is 0. The van der Waals surface area contributed by atoms with E-state index in [0.717, 1.165) is 10.4 Å². The van der Waals surface area contributed by atoms with Gasteiger partial charge in [-0.3, -0.25) is 9.59 Å². The van der Waals surface area contributed by atoms with Crippen LogP contribution in [0.3, 0.4) is 0 Å². The standard InChI is InChI=1S/C23H26N2O2S/c1-14(2)17-7-8-18(19(12-17)15(3)4)21(26)13-25-23(27)11-9-20(24-25)22-10-6-16(5)28-22/h6-12,14-15H,13H2,1-5H3. The number of ketones is 1. The second-order valence-corrected chi connectivity index (χ2v) is 8.99. The van der Waals surface area contributed by atoms with Crippen LogP contribution in [0.4, 0.5) is 0 Å². The van der Waals surface area contributed by atoms with Crippen molar-refractivity contribution in [3.05, 3.63) is 74.4 Å². The second kappa shape index (κ2) is 8.23. The first-order valence-electron chi connectivity index (χ1n) is 9.58. The van der Waals surface area contributed by atoms with Crippen LogP contribution in [0, 0.1) is 6.92 Å². The van der Waals surface area contributed by atoms with E-state index < -0.39 is 0 Å². The van der Waals surface area contributed by atoms with E-state index in [1.807, 2.05) is 31.2 Å². The van der Waals surface area contributed by atoms with Crippen LogP contribution in [0.25, 0.3) is 10.6 Å². The summed E-state index contributed by atoms with van der Waals surface area (Å²) in [4.78, 5) is 27.5. The number of thiophene rings is 1. The van der Waals surface area contributed by atoms with Gasteiger partial charge < -0.3 is 0 Å². The summed E-state index contributed by atoms with van der Waals surface area (Å²) in [5.74, 6) is 0.535. The van der Waals surface area contributed by atoms with E-state index in [-0.39, 0.29) is 23.8 Å². The Hall–Kier alpha value is -2.53. The van der Waals surface area contributed by atoms with Gasteiger partial charge in [0.15, 0.2) is 5.78 Å². The molecule has 28 heavy (non-hydrogen) atoms. The van der Waals surface area contributed by atoms with Gasteiger partial charge in [-0.05, 0) is 48.1 Å². The molecule has 2 aromatic heterocycles. The average Bonchev–Trinajstić information content (AvgIpc) is 3.09. The maximum absolute atomic E-state index is 13.0. The molecule has 0 aliphatic carbocycles. The molecule has 0 fully saturated rings. The lowest BCUT2D eigenvalue weighted by atomic mass is 9.90. The van der Waals surface area contributed by atoms with Crippen LogP contribution in [0.2, 0.25) is 0 Å². The molecule has 1 aromatic carbocycles. The van der Waals surface area contributed by atoms with Gasteiger partial charge in [-0.1, -0.05) is 45.9 Å².